The van der Waals surface area contributed by atoms with E-state index in [4.69, 9.17) is 24.2 Å². The van der Waals surface area contributed by atoms with Crippen molar-refractivity contribution in [3.63, 3.8) is 0 Å². The summed E-state index contributed by atoms with van der Waals surface area (Å²) in [5.41, 5.74) is 3.70. The molecule has 2 unspecified atom stereocenters. The number of piperidine rings is 1. The predicted molar refractivity (Wildman–Crippen MR) is 219 cm³/mol. The van der Waals surface area contributed by atoms with E-state index in [-0.39, 0.29) is 18.0 Å². The molecule has 6 aromatic rings. The van der Waals surface area contributed by atoms with Gasteiger partial charge in [0.25, 0.3) is 5.91 Å². The Morgan fingerprint density at radius 3 is 2.34 bits per heavy atom. The highest BCUT2D eigenvalue weighted by atomic mass is 19.2. The number of amides is 1. The largest absolute Gasteiger partial charge is 0.493 e. The Morgan fingerprint density at radius 1 is 0.914 bits per heavy atom. The second kappa shape index (κ2) is 16.9. The van der Waals surface area contributed by atoms with Crippen molar-refractivity contribution in [3.8, 4) is 17.2 Å². The van der Waals surface area contributed by atoms with Gasteiger partial charge in [0.05, 0.1) is 38.4 Å². The van der Waals surface area contributed by atoms with Gasteiger partial charge in [0.2, 0.25) is 11.7 Å². The van der Waals surface area contributed by atoms with Gasteiger partial charge in [-0.25, -0.2) is 18.7 Å². The minimum Gasteiger partial charge on any atom is -0.493 e. The molecule has 2 N–H and O–H groups in total. The van der Waals surface area contributed by atoms with Crippen LogP contribution in [0.25, 0.3) is 11.0 Å². The van der Waals surface area contributed by atoms with Gasteiger partial charge in [-0.3, -0.25) is 9.36 Å². The van der Waals surface area contributed by atoms with Crippen LogP contribution >= 0.6 is 0 Å². The van der Waals surface area contributed by atoms with Gasteiger partial charge in [-0.15, -0.1) is 0 Å². The number of carbonyl (C=O) groups excluding carboxylic acids is 1. The van der Waals surface area contributed by atoms with Crippen LogP contribution in [0, 0.1) is 11.6 Å². The minimum atomic E-state index is -0.888. The first-order valence-electron chi connectivity index (χ1n) is 19.8. The SMILES string of the molecule is COc1cc(C(=O)N2CCC(CCN3CCC(Nc4nc5ccccc5n4C(Cc4ccccc4)c4ncc[nH]4)CC3)(c3ccc(F)c(F)c3)C2)cc(OC)c1OC. The van der Waals surface area contributed by atoms with Crippen LogP contribution in [-0.4, -0.2) is 95.3 Å². The normalized spacial score (nSPS) is 18.1. The Labute approximate surface area is 337 Å². The Kier molecular flexibility index (Phi) is 11.3. The second-order valence-electron chi connectivity index (χ2n) is 15.3. The predicted octanol–water partition coefficient (Wildman–Crippen LogP) is 7.65. The van der Waals surface area contributed by atoms with Crippen LogP contribution < -0.4 is 19.5 Å². The van der Waals surface area contributed by atoms with Crippen LogP contribution in [0.3, 0.4) is 0 Å². The third-order valence-corrected chi connectivity index (χ3v) is 11.9. The Morgan fingerprint density at radius 2 is 1.66 bits per heavy atom. The van der Waals surface area contributed by atoms with Gasteiger partial charge in [-0.05, 0) is 79.8 Å². The molecule has 2 aliphatic heterocycles. The van der Waals surface area contributed by atoms with E-state index < -0.39 is 17.0 Å². The molecule has 2 aromatic heterocycles. The first kappa shape index (κ1) is 38.9. The maximum atomic E-state index is 14.8. The van der Waals surface area contributed by atoms with Crippen molar-refractivity contribution >= 4 is 22.9 Å². The minimum absolute atomic E-state index is 0.105. The van der Waals surface area contributed by atoms with Crippen LogP contribution in [0.5, 0.6) is 17.2 Å². The van der Waals surface area contributed by atoms with E-state index in [1.165, 1.54) is 39.0 Å². The van der Waals surface area contributed by atoms with Crippen LogP contribution in [0.15, 0.2) is 97.3 Å². The summed E-state index contributed by atoms with van der Waals surface area (Å²) >= 11 is 0. The molecule has 0 bridgehead atoms. The summed E-state index contributed by atoms with van der Waals surface area (Å²) in [6.45, 7) is 3.28. The standard InChI is InChI=1S/C45H49F2N7O4/c1-56-39-26-31(27-40(57-2)41(39)58-3)43(55)53-24-18-45(29-53,32-13-14-34(46)35(47)28-32)17-23-52-21-15-33(16-22-52)50-44-51-36-11-7-8-12-37(36)54(44)38(42-48-19-20-49-42)25-30-9-5-4-6-10-30/h4-14,19-20,26-28,33,38H,15-18,21-25,29H2,1-3H3,(H,48,49)(H,50,51). The molecular weight excluding hydrogens is 741 g/mol. The highest BCUT2D eigenvalue weighted by molar-refractivity contribution is 5.96. The number of ether oxygens (including phenoxy) is 3. The van der Waals surface area contributed by atoms with E-state index in [0.29, 0.717) is 54.3 Å². The number of anilines is 1. The number of carbonyl (C=O) groups is 1. The second-order valence-corrected chi connectivity index (χ2v) is 15.3. The molecule has 8 rings (SSSR count). The van der Waals surface area contributed by atoms with Crippen LogP contribution in [0.1, 0.15) is 59.0 Å². The molecule has 4 aromatic carbocycles. The van der Waals surface area contributed by atoms with E-state index in [0.717, 1.165) is 61.7 Å². The number of aromatic nitrogens is 4. The molecule has 0 aliphatic carbocycles. The third kappa shape index (κ3) is 7.83. The van der Waals surface area contributed by atoms with Crippen molar-refractivity contribution in [1.29, 1.82) is 0 Å². The van der Waals surface area contributed by atoms with Gasteiger partial charge < -0.3 is 34.3 Å². The van der Waals surface area contributed by atoms with Gasteiger partial charge in [0.1, 0.15) is 5.82 Å². The maximum Gasteiger partial charge on any atom is 0.254 e. The molecule has 2 aliphatic rings. The number of benzene rings is 4. The summed E-state index contributed by atoms with van der Waals surface area (Å²) < 4.78 is 47.8. The average molecular weight is 790 g/mol. The highest BCUT2D eigenvalue weighted by Gasteiger charge is 2.42. The summed E-state index contributed by atoms with van der Waals surface area (Å²) in [5, 5.41) is 3.82. The number of methoxy groups -OCH3 is 3. The number of rotatable bonds is 14. The number of fused-ring (bicyclic) bond motifs is 1. The number of para-hydroxylation sites is 2. The molecule has 11 nitrogen and oxygen atoms in total. The summed E-state index contributed by atoms with van der Waals surface area (Å²) in [6, 6.07) is 26.2. The van der Waals surface area contributed by atoms with E-state index in [1.807, 2.05) is 30.5 Å². The fourth-order valence-electron chi connectivity index (χ4n) is 8.77. The van der Waals surface area contributed by atoms with Crippen molar-refractivity contribution in [2.45, 2.75) is 49.6 Å². The van der Waals surface area contributed by atoms with E-state index in [1.54, 1.807) is 29.3 Å². The molecule has 1 amide bonds. The number of likely N-dealkylation sites (tertiary alicyclic amines) is 2. The first-order chi connectivity index (χ1) is 28.3. The quantitative estimate of drug-likeness (QED) is 0.116. The van der Waals surface area contributed by atoms with Crippen molar-refractivity contribution in [3.05, 3.63) is 131 Å². The Bertz CT molecular complexity index is 2320. The zero-order valence-corrected chi connectivity index (χ0v) is 33.1. The number of nitrogens with one attached hydrogen (secondary N) is 2. The first-order valence-corrected chi connectivity index (χ1v) is 19.8. The summed E-state index contributed by atoms with van der Waals surface area (Å²) in [4.78, 5) is 31.4. The lowest BCUT2D eigenvalue weighted by atomic mass is 9.76. The molecule has 0 spiro atoms. The molecule has 13 heteroatoms. The molecule has 302 valence electrons. The zero-order valence-electron chi connectivity index (χ0n) is 33.1. The van der Waals surface area contributed by atoms with Crippen LogP contribution in [-0.2, 0) is 11.8 Å². The highest BCUT2D eigenvalue weighted by Crippen LogP contribution is 2.42. The lowest BCUT2D eigenvalue weighted by Gasteiger charge is -2.36. The maximum absolute atomic E-state index is 14.8. The average Bonchev–Trinajstić information content (AvgIpc) is 4.03. The van der Waals surface area contributed by atoms with Gasteiger partial charge in [0, 0.05) is 62.0 Å². The molecular formula is C45H49F2N7O4. The van der Waals surface area contributed by atoms with Gasteiger partial charge >= 0.3 is 0 Å². The van der Waals surface area contributed by atoms with Gasteiger partial charge in [-0.1, -0.05) is 48.5 Å². The van der Waals surface area contributed by atoms with Gasteiger partial charge in [-0.2, -0.15) is 0 Å². The summed E-state index contributed by atoms with van der Waals surface area (Å²) in [7, 11) is 4.53. The van der Waals surface area contributed by atoms with Crippen molar-refractivity contribution < 1.29 is 27.8 Å². The molecule has 58 heavy (non-hydrogen) atoms. The molecule has 0 radical (unpaired) electrons. The van der Waals surface area contributed by atoms with Crippen LogP contribution in [0.4, 0.5) is 14.7 Å². The topological polar surface area (TPSA) is 110 Å². The summed E-state index contributed by atoms with van der Waals surface area (Å²) in [6.07, 6.45) is 7.49. The number of H-pyrrole nitrogens is 1. The number of aromatic amines is 1. The molecule has 2 saturated heterocycles. The Balaban J connectivity index is 0.978. The zero-order chi connectivity index (χ0) is 40.2. The monoisotopic (exact) mass is 789 g/mol. The number of nitrogens with zero attached hydrogens (tertiary/aromatic N) is 5. The summed E-state index contributed by atoms with van der Waals surface area (Å²) in [5.74, 6) is 0.889. The number of halogens is 2. The third-order valence-electron chi connectivity index (χ3n) is 11.9. The number of hydrogen-bond donors (Lipinski definition) is 2. The lowest BCUT2D eigenvalue weighted by Crippen LogP contribution is -2.43. The van der Waals surface area contributed by atoms with E-state index in [2.05, 4.69) is 50.1 Å². The lowest BCUT2D eigenvalue weighted by molar-refractivity contribution is 0.0779. The van der Waals surface area contributed by atoms with Crippen molar-refractivity contribution in [2.24, 2.45) is 0 Å². The fourth-order valence-corrected chi connectivity index (χ4v) is 8.77. The Hall–Kier alpha value is -5.95. The molecule has 2 fully saturated rings. The fraction of sp³-hybridized carbons (Fsp3) is 0.356. The molecule has 0 saturated carbocycles. The van der Waals surface area contributed by atoms with Crippen LogP contribution in [0.2, 0.25) is 0 Å². The number of imidazole rings is 2. The molecule has 4 heterocycles. The van der Waals surface area contributed by atoms with Crippen molar-refractivity contribution in [2.75, 3.05) is 59.4 Å². The van der Waals surface area contributed by atoms with E-state index in [9.17, 15) is 13.6 Å². The van der Waals surface area contributed by atoms with Gasteiger partial charge in [0.15, 0.2) is 23.1 Å². The smallest absolute Gasteiger partial charge is 0.254 e. The molecule has 2 atom stereocenters. The van der Waals surface area contributed by atoms with E-state index >= 15 is 0 Å². The van der Waals surface area contributed by atoms with Crippen molar-refractivity contribution in [1.82, 2.24) is 29.3 Å². The number of hydrogen-bond acceptors (Lipinski definition) is 8.